The van der Waals surface area contributed by atoms with Gasteiger partial charge < -0.3 is 15.3 Å². The van der Waals surface area contributed by atoms with E-state index in [-0.39, 0.29) is 5.91 Å². The molecular formula is C11H19N3O3S. The molecule has 2 fully saturated rings. The number of nitrogens with one attached hydrogen (secondary N) is 1. The Morgan fingerprint density at radius 2 is 2.17 bits per heavy atom. The molecule has 0 aliphatic carbocycles. The second-order valence-electron chi connectivity index (χ2n) is 4.60. The molecule has 2 aliphatic rings. The van der Waals surface area contributed by atoms with Gasteiger partial charge in [-0.1, -0.05) is 0 Å². The summed E-state index contributed by atoms with van der Waals surface area (Å²) in [6.07, 6.45) is 1.03. The number of nitrogens with zero attached hydrogens (tertiary/aromatic N) is 2. The monoisotopic (exact) mass is 273 g/mol. The van der Waals surface area contributed by atoms with Gasteiger partial charge in [-0.05, 0) is 19.5 Å². The van der Waals surface area contributed by atoms with Gasteiger partial charge in [0.05, 0.1) is 12.4 Å². The largest absolute Gasteiger partial charge is 0.480 e. The van der Waals surface area contributed by atoms with Crippen LogP contribution in [0.25, 0.3) is 0 Å². The number of aliphatic carboxylic acids is 1. The van der Waals surface area contributed by atoms with Crippen molar-refractivity contribution in [1.29, 1.82) is 0 Å². The molecule has 0 aromatic heterocycles. The van der Waals surface area contributed by atoms with Crippen LogP contribution in [0.1, 0.15) is 6.42 Å². The second-order valence-corrected chi connectivity index (χ2v) is 5.60. The van der Waals surface area contributed by atoms with Crippen molar-refractivity contribution in [2.45, 2.75) is 12.5 Å². The van der Waals surface area contributed by atoms with Crippen molar-refractivity contribution >= 4 is 23.6 Å². The normalized spacial score (nSPS) is 26.0. The molecule has 18 heavy (non-hydrogen) atoms. The van der Waals surface area contributed by atoms with E-state index in [4.69, 9.17) is 5.11 Å². The van der Waals surface area contributed by atoms with Crippen molar-refractivity contribution in [3.05, 3.63) is 0 Å². The Morgan fingerprint density at radius 1 is 1.33 bits per heavy atom. The van der Waals surface area contributed by atoms with Crippen LogP contribution in [0.2, 0.25) is 0 Å². The molecule has 102 valence electrons. The first-order valence-electron chi connectivity index (χ1n) is 6.21. The van der Waals surface area contributed by atoms with E-state index in [1.807, 2.05) is 0 Å². The van der Waals surface area contributed by atoms with E-state index in [1.54, 1.807) is 0 Å². The molecule has 0 saturated carbocycles. The SMILES string of the molecule is O=C(O)[C@@H]1CSCN1C(=O)CN1CCCNCC1. The van der Waals surface area contributed by atoms with Gasteiger partial charge in [-0.25, -0.2) is 4.79 Å². The molecule has 0 aromatic rings. The van der Waals surface area contributed by atoms with E-state index >= 15 is 0 Å². The van der Waals surface area contributed by atoms with Crippen LogP contribution in [-0.4, -0.2) is 77.2 Å². The molecule has 6 nitrogen and oxygen atoms in total. The van der Waals surface area contributed by atoms with Gasteiger partial charge in [0.25, 0.3) is 0 Å². The topological polar surface area (TPSA) is 72.9 Å². The summed E-state index contributed by atoms with van der Waals surface area (Å²) in [5.41, 5.74) is 0. The number of carbonyl (C=O) groups is 2. The lowest BCUT2D eigenvalue weighted by Crippen LogP contribution is -2.46. The highest BCUT2D eigenvalue weighted by Crippen LogP contribution is 2.21. The Labute approximate surface area is 111 Å². The molecule has 1 amide bonds. The number of carboxylic acid groups (broad SMARTS) is 1. The van der Waals surface area contributed by atoms with Gasteiger partial charge in [0.15, 0.2) is 0 Å². The third-order valence-corrected chi connectivity index (χ3v) is 4.29. The Bertz CT molecular complexity index is 319. The molecule has 0 radical (unpaired) electrons. The van der Waals surface area contributed by atoms with Gasteiger partial charge in [-0.3, -0.25) is 9.69 Å². The molecule has 0 bridgehead atoms. The molecule has 1 atom stereocenters. The fourth-order valence-electron chi connectivity index (χ4n) is 2.23. The minimum Gasteiger partial charge on any atom is -0.480 e. The van der Waals surface area contributed by atoms with Gasteiger partial charge in [0, 0.05) is 18.8 Å². The second kappa shape index (κ2) is 6.40. The van der Waals surface area contributed by atoms with Crippen LogP contribution in [0, 0.1) is 0 Å². The molecule has 2 rings (SSSR count). The number of hydrogen-bond donors (Lipinski definition) is 2. The molecule has 2 heterocycles. The third-order valence-electron chi connectivity index (χ3n) is 3.28. The summed E-state index contributed by atoms with van der Waals surface area (Å²) in [6.45, 7) is 3.97. The van der Waals surface area contributed by atoms with Gasteiger partial charge in [-0.2, -0.15) is 0 Å². The van der Waals surface area contributed by atoms with E-state index < -0.39 is 12.0 Å². The maximum absolute atomic E-state index is 12.1. The van der Waals surface area contributed by atoms with Gasteiger partial charge in [0.2, 0.25) is 5.91 Å². The minimum absolute atomic E-state index is 0.0608. The van der Waals surface area contributed by atoms with Crippen molar-refractivity contribution in [2.24, 2.45) is 0 Å². The molecule has 2 saturated heterocycles. The lowest BCUT2D eigenvalue weighted by atomic mass is 10.3. The maximum Gasteiger partial charge on any atom is 0.327 e. The Balaban J connectivity index is 1.88. The molecule has 2 N–H and O–H groups in total. The Hall–Kier alpha value is -0.790. The van der Waals surface area contributed by atoms with Crippen molar-refractivity contribution in [3.63, 3.8) is 0 Å². The predicted molar refractivity (Wildman–Crippen MR) is 69.5 cm³/mol. The number of rotatable bonds is 3. The fourth-order valence-corrected chi connectivity index (χ4v) is 3.41. The van der Waals surface area contributed by atoms with Crippen LogP contribution in [0.15, 0.2) is 0 Å². The van der Waals surface area contributed by atoms with Crippen LogP contribution in [0.3, 0.4) is 0 Å². The summed E-state index contributed by atoms with van der Waals surface area (Å²) in [4.78, 5) is 26.8. The van der Waals surface area contributed by atoms with Crippen LogP contribution >= 0.6 is 11.8 Å². The minimum atomic E-state index is -0.897. The summed E-state index contributed by atoms with van der Waals surface area (Å²) in [7, 11) is 0. The van der Waals surface area contributed by atoms with Crippen molar-refractivity contribution < 1.29 is 14.7 Å². The van der Waals surface area contributed by atoms with E-state index in [0.717, 1.165) is 32.6 Å². The zero-order chi connectivity index (χ0) is 13.0. The number of thioether (sulfide) groups is 1. The zero-order valence-corrected chi connectivity index (χ0v) is 11.1. The number of carbonyl (C=O) groups excluding carboxylic acids is 1. The highest BCUT2D eigenvalue weighted by Gasteiger charge is 2.34. The lowest BCUT2D eigenvalue weighted by molar-refractivity contribution is -0.148. The summed E-state index contributed by atoms with van der Waals surface area (Å²) < 4.78 is 0. The highest BCUT2D eigenvalue weighted by molar-refractivity contribution is 7.99. The standard InChI is InChI=1S/C11H19N3O3S/c15-10(6-13-4-1-2-12-3-5-13)14-8-18-7-9(14)11(16)17/h9,12H,1-8H2,(H,16,17)/t9-/m0/s1. The van der Waals surface area contributed by atoms with Crippen LogP contribution in [0.4, 0.5) is 0 Å². The van der Waals surface area contributed by atoms with Gasteiger partial charge in [0.1, 0.15) is 6.04 Å². The van der Waals surface area contributed by atoms with Crippen LogP contribution < -0.4 is 5.32 Å². The maximum atomic E-state index is 12.1. The van der Waals surface area contributed by atoms with E-state index in [0.29, 0.717) is 18.2 Å². The fraction of sp³-hybridized carbons (Fsp3) is 0.818. The lowest BCUT2D eigenvalue weighted by Gasteiger charge is -2.25. The van der Waals surface area contributed by atoms with Gasteiger partial charge in [-0.15, -0.1) is 11.8 Å². The van der Waals surface area contributed by atoms with Crippen molar-refractivity contribution in [2.75, 3.05) is 44.4 Å². The van der Waals surface area contributed by atoms with Gasteiger partial charge >= 0.3 is 5.97 Å². The Morgan fingerprint density at radius 3 is 2.94 bits per heavy atom. The number of hydrogen-bond acceptors (Lipinski definition) is 5. The Kier molecular flexibility index (Phi) is 4.85. The first-order chi connectivity index (χ1) is 8.68. The molecule has 0 aromatic carbocycles. The number of carboxylic acids is 1. The van der Waals surface area contributed by atoms with Crippen molar-refractivity contribution in [3.8, 4) is 0 Å². The van der Waals surface area contributed by atoms with Crippen molar-refractivity contribution in [1.82, 2.24) is 15.1 Å². The highest BCUT2D eigenvalue weighted by atomic mass is 32.2. The third kappa shape index (κ3) is 3.37. The quantitative estimate of drug-likeness (QED) is 0.706. The average molecular weight is 273 g/mol. The van der Waals surface area contributed by atoms with Crippen LogP contribution in [0.5, 0.6) is 0 Å². The van der Waals surface area contributed by atoms with Crippen LogP contribution in [-0.2, 0) is 9.59 Å². The summed E-state index contributed by atoms with van der Waals surface area (Å²) in [5.74, 6) is 0.0463. The molecule has 0 unspecified atom stereocenters. The van der Waals surface area contributed by atoms with E-state index in [2.05, 4.69) is 10.2 Å². The molecule has 7 heteroatoms. The first-order valence-corrected chi connectivity index (χ1v) is 7.37. The molecule has 2 aliphatic heterocycles. The van der Waals surface area contributed by atoms with E-state index in [9.17, 15) is 9.59 Å². The molecule has 0 spiro atoms. The number of amides is 1. The first kappa shape index (κ1) is 13.6. The predicted octanol–water partition coefficient (Wildman–Crippen LogP) is -0.732. The summed E-state index contributed by atoms with van der Waals surface area (Å²) >= 11 is 1.51. The zero-order valence-electron chi connectivity index (χ0n) is 10.3. The van der Waals surface area contributed by atoms with E-state index in [1.165, 1.54) is 16.7 Å². The summed E-state index contributed by atoms with van der Waals surface area (Å²) in [6, 6.07) is -0.646. The smallest absolute Gasteiger partial charge is 0.327 e. The average Bonchev–Trinajstić information content (AvgIpc) is 2.70. The molecular weight excluding hydrogens is 254 g/mol. The summed E-state index contributed by atoms with van der Waals surface area (Å²) in [5, 5.41) is 12.3.